The molecule has 5 N–H and O–H groups in total. The molecule has 0 aromatic heterocycles. The van der Waals surface area contributed by atoms with Gasteiger partial charge < -0.3 is 26.0 Å². The quantitative estimate of drug-likeness (QED) is 0.499. The van der Waals surface area contributed by atoms with Gasteiger partial charge in [0.05, 0.1) is 12.1 Å². The molecule has 1 aromatic rings. The molecule has 0 radical (unpaired) electrons. The standard InChI is InChI=1S/C13H17NO4.C5H11NO2/c1-10(16)12(7-8-15)14-13(17)18-9-11-5-3-2-4-6-11;1-4(8)5(6)2-3-7/h2-6,12,15H,7-9H2,1H3,(H,14,17);5,7H,2-3,6H2,1H3/t12-;5-/m00/s1. The van der Waals surface area contributed by atoms with Crippen molar-refractivity contribution in [1.29, 1.82) is 0 Å². The lowest BCUT2D eigenvalue weighted by molar-refractivity contribution is -0.119. The van der Waals surface area contributed by atoms with E-state index in [-0.39, 0.29) is 37.8 Å². The second-order valence-corrected chi connectivity index (χ2v) is 5.61. The second-order valence-electron chi connectivity index (χ2n) is 5.61. The van der Waals surface area contributed by atoms with Crippen LogP contribution in [0.4, 0.5) is 4.79 Å². The van der Waals surface area contributed by atoms with Crippen LogP contribution >= 0.6 is 0 Å². The van der Waals surface area contributed by atoms with Crippen LogP contribution in [-0.2, 0) is 20.9 Å². The van der Waals surface area contributed by atoms with Crippen molar-refractivity contribution in [2.45, 2.75) is 45.4 Å². The summed E-state index contributed by atoms with van der Waals surface area (Å²) in [5, 5.41) is 19.4. The number of aliphatic hydroxyl groups excluding tert-OH is 2. The molecule has 2 atom stereocenters. The van der Waals surface area contributed by atoms with Crippen molar-refractivity contribution in [2.24, 2.45) is 5.73 Å². The summed E-state index contributed by atoms with van der Waals surface area (Å²) in [4.78, 5) is 32.9. The van der Waals surface area contributed by atoms with E-state index in [1.54, 1.807) is 0 Å². The third kappa shape index (κ3) is 11.3. The molecule has 8 nitrogen and oxygen atoms in total. The Balaban J connectivity index is 0.000000660. The molecule has 0 bridgehead atoms. The van der Waals surface area contributed by atoms with E-state index >= 15 is 0 Å². The van der Waals surface area contributed by atoms with E-state index in [0.29, 0.717) is 6.42 Å². The van der Waals surface area contributed by atoms with Gasteiger partial charge in [-0.2, -0.15) is 0 Å². The monoisotopic (exact) mass is 368 g/mol. The lowest BCUT2D eigenvalue weighted by Gasteiger charge is -2.14. The Morgan fingerprint density at radius 1 is 1.04 bits per heavy atom. The van der Waals surface area contributed by atoms with E-state index in [9.17, 15) is 14.4 Å². The van der Waals surface area contributed by atoms with Crippen molar-refractivity contribution in [1.82, 2.24) is 5.32 Å². The third-order valence-corrected chi connectivity index (χ3v) is 3.38. The first-order valence-corrected chi connectivity index (χ1v) is 8.27. The van der Waals surface area contributed by atoms with Crippen molar-refractivity contribution in [3.05, 3.63) is 35.9 Å². The predicted octanol–water partition coefficient (Wildman–Crippen LogP) is 0.538. The molecule has 146 valence electrons. The molecular weight excluding hydrogens is 340 g/mol. The number of carbonyl (C=O) groups excluding carboxylic acids is 3. The van der Waals surface area contributed by atoms with Crippen LogP contribution in [-0.4, -0.2) is 53.2 Å². The Bertz CT molecular complexity index is 550. The summed E-state index contributed by atoms with van der Waals surface area (Å²) in [7, 11) is 0. The number of nitrogens with one attached hydrogen (secondary N) is 1. The Hall–Kier alpha value is -2.29. The average molecular weight is 368 g/mol. The smallest absolute Gasteiger partial charge is 0.408 e. The number of nitrogens with two attached hydrogens (primary N) is 1. The topological polar surface area (TPSA) is 139 Å². The highest BCUT2D eigenvalue weighted by Crippen LogP contribution is 2.01. The summed E-state index contributed by atoms with van der Waals surface area (Å²) in [5.74, 6) is -0.278. The van der Waals surface area contributed by atoms with Gasteiger partial charge in [0.2, 0.25) is 0 Å². The molecule has 0 saturated carbocycles. The van der Waals surface area contributed by atoms with E-state index in [1.807, 2.05) is 30.3 Å². The number of carbonyl (C=O) groups is 3. The van der Waals surface area contributed by atoms with Gasteiger partial charge >= 0.3 is 6.09 Å². The molecule has 0 spiro atoms. The summed E-state index contributed by atoms with van der Waals surface area (Å²) in [5.41, 5.74) is 6.09. The van der Waals surface area contributed by atoms with Crippen LogP contribution in [0, 0.1) is 0 Å². The predicted molar refractivity (Wildman–Crippen MR) is 96.3 cm³/mol. The number of hydrogen-bond acceptors (Lipinski definition) is 7. The maximum atomic E-state index is 11.4. The zero-order valence-corrected chi connectivity index (χ0v) is 15.2. The number of ketones is 2. The molecule has 0 saturated heterocycles. The SMILES string of the molecule is CC(=O)[C@@H](N)CCO.CC(=O)[C@H](CCO)NC(=O)OCc1ccccc1. The third-order valence-electron chi connectivity index (χ3n) is 3.38. The number of alkyl carbamates (subject to hydrolysis) is 1. The van der Waals surface area contributed by atoms with Gasteiger partial charge in [-0.15, -0.1) is 0 Å². The number of amides is 1. The van der Waals surface area contributed by atoms with Crippen LogP contribution in [0.3, 0.4) is 0 Å². The second kappa shape index (κ2) is 13.9. The van der Waals surface area contributed by atoms with Gasteiger partial charge in [0.25, 0.3) is 0 Å². The first-order chi connectivity index (χ1) is 12.3. The molecule has 1 rings (SSSR count). The number of aliphatic hydroxyl groups is 2. The lowest BCUT2D eigenvalue weighted by atomic mass is 10.1. The van der Waals surface area contributed by atoms with E-state index < -0.39 is 18.2 Å². The number of rotatable bonds is 9. The molecule has 1 aromatic carbocycles. The van der Waals surface area contributed by atoms with Crippen LogP contribution in [0.5, 0.6) is 0 Å². The molecule has 0 unspecified atom stereocenters. The molecule has 0 aliphatic carbocycles. The fourth-order valence-corrected chi connectivity index (χ4v) is 1.76. The highest BCUT2D eigenvalue weighted by molar-refractivity contribution is 5.85. The van der Waals surface area contributed by atoms with Crippen molar-refractivity contribution in [2.75, 3.05) is 13.2 Å². The summed E-state index contributed by atoms with van der Waals surface area (Å²) in [6, 6.07) is 8.07. The first-order valence-electron chi connectivity index (χ1n) is 8.27. The lowest BCUT2D eigenvalue weighted by Crippen LogP contribution is -2.40. The van der Waals surface area contributed by atoms with Gasteiger partial charge in [0, 0.05) is 13.2 Å². The summed E-state index contributed by atoms with van der Waals surface area (Å²) < 4.78 is 4.97. The maximum Gasteiger partial charge on any atom is 0.408 e. The number of ether oxygens (including phenoxy) is 1. The molecule has 0 aliphatic rings. The van der Waals surface area contributed by atoms with Crippen LogP contribution in [0.2, 0.25) is 0 Å². The first kappa shape index (κ1) is 23.7. The zero-order chi connectivity index (χ0) is 19.9. The minimum absolute atomic E-state index is 0.0131. The van der Waals surface area contributed by atoms with Crippen molar-refractivity contribution < 1.29 is 29.3 Å². The summed E-state index contributed by atoms with van der Waals surface area (Å²) >= 11 is 0. The van der Waals surface area contributed by atoms with Gasteiger partial charge in [-0.05, 0) is 32.3 Å². The highest BCUT2D eigenvalue weighted by atomic mass is 16.5. The van der Waals surface area contributed by atoms with E-state index in [1.165, 1.54) is 13.8 Å². The molecule has 0 aliphatic heterocycles. The molecule has 0 fully saturated rings. The molecule has 26 heavy (non-hydrogen) atoms. The Labute approximate surface area is 153 Å². The van der Waals surface area contributed by atoms with Crippen molar-refractivity contribution >= 4 is 17.7 Å². The molecule has 1 amide bonds. The van der Waals surface area contributed by atoms with E-state index in [0.717, 1.165) is 5.56 Å². The Morgan fingerprint density at radius 2 is 1.62 bits per heavy atom. The van der Waals surface area contributed by atoms with Crippen LogP contribution < -0.4 is 11.1 Å². The molecule has 8 heteroatoms. The van der Waals surface area contributed by atoms with Crippen molar-refractivity contribution in [3.8, 4) is 0 Å². The largest absolute Gasteiger partial charge is 0.445 e. The maximum absolute atomic E-state index is 11.4. The number of hydrogen-bond donors (Lipinski definition) is 4. The highest BCUT2D eigenvalue weighted by Gasteiger charge is 2.16. The Morgan fingerprint density at radius 3 is 2.04 bits per heavy atom. The fraction of sp³-hybridized carbons (Fsp3) is 0.500. The van der Waals surface area contributed by atoms with Crippen molar-refractivity contribution in [3.63, 3.8) is 0 Å². The van der Waals surface area contributed by atoms with Gasteiger partial charge in [0.15, 0.2) is 5.78 Å². The molecular formula is C18H28N2O6. The average Bonchev–Trinajstić information content (AvgIpc) is 2.61. The van der Waals surface area contributed by atoms with E-state index in [4.69, 9.17) is 20.7 Å². The Kier molecular flexibility index (Phi) is 12.7. The summed E-state index contributed by atoms with van der Waals surface area (Å²) in [6.07, 6.45) is -0.0991. The minimum atomic E-state index is -0.696. The van der Waals surface area contributed by atoms with Gasteiger partial charge in [-0.1, -0.05) is 30.3 Å². The number of benzene rings is 1. The zero-order valence-electron chi connectivity index (χ0n) is 15.2. The van der Waals surface area contributed by atoms with Crippen LogP contribution in [0.25, 0.3) is 0 Å². The number of Topliss-reactive ketones (excluding diaryl/α,β-unsaturated/α-hetero) is 2. The van der Waals surface area contributed by atoms with Crippen LogP contribution in [0.1, 0.15) is 32.3 Å². The summed E-state index contributed by atoms with van der Waals surface area (Å²) in [6.45, 7) is 2.75. The fourth-order valence-electron chi connectivity index (χ4n) is 1.76. The molecule has 0 heterocycles. The van der Waals surface area contributed by atoms with Gasteiger partial charge in [-0.25, -0.2) is 4.79 Å². The van der Waals surface area contributed by atoms with Gasteiger partial charge in [-0.3, -0.25) is 9.59 Å². The minimum Gasteiger partial charge on any atom is -0.445 e. The van der Waals surface area contributed by atoms with Gasteiger partial charge in [0.1, 0.15) is 12.4 Å². The van der Waals surface area contributed by atoms with E-state index in [2.05, 4.69) is 5.32 Å². The normalized spacial score (nSPS) is 12.2. The van der Waals surface area contributed by atoms with Crippen LogP contribution in [0.15, 0.2) is 30.3 Å².